The summed E-state index contributed by atoms with van der Waals surface area (Å²) in [6.07, 6.45) is -0.115. The maximum absolute atomic E-state index is 11.3. The minimum atomic E-state index is -0.107. The molecule has 2 aromatic rings. The summed E-state index contributed by atoms with van der Waals surface area (Å²) < 4.78 is 11.8. The Morgan fingerprint density at radius 3 is 2.44 bits per heavy atom. The van der Waals surface area contributed by atoms with Gasteiger partial charge in [-0.1, -0.05) is 12.1 Å². The van der Waals surface area contributed by atoms with E-state index in [1.54, 1.807) is 19.1 Å². The Morgan fingerprint density at radius 1 is 1.16 bits per heavy atom. The summed E-state index contributed by atoms with van der Waals surface area (Å²) in [5.74, 6) is 0.797. The standard InChI is InChI=1S/C20H24N2O3/c1-14(23)15-6-10-18(11-7-15)24-13-19-12-21-20(25-19)16-4-8-17(9-5-16)22(2)3/h4-11,19-21H,12-13H2,1-3H3/t19-,20+/m0/s1. The Morgan fingerprint density at radius 2 is 1.84 bits per heavy atom. The van der Waals surface area contributed by atoms with Gasteiger partial charge >= 0.3 is 0 Å². The van der Waals surface area contributed by atoms with E-state index >= 15 is 0 Å². The van der Waals surface area contributed by atoms with Crippen molar-refractivity contribution in [1.82, 2.24) is 5.32 Å². The number of anilines is 1. The molecule has 0 aromatic heterocycles. The van der Waals surface area contributed by atoms with Crippen LogP contribution < -0.4 is 15.0 Å². The second-order valence-corrected chi connectivity index (χ2v) is 6.42. The van der Waals surface area contributed by atoms with Crippen molar-refractivity contribution in [3.8, 4) is 5.75 Å². The molecule has 3 rings (SSSR count). The van der Waals surface area contributed by atoms with Gasteiger partial charge in [-0.05, 0) is 48.9 Å². The Labute approximate surface area is 148 Å². The molecule has 5 heteroatoms. The predicted octanol–water partition coefficient (Wildman–Crippen LogP) is 3.02. The van der Waals surface area contributed by atoms with Crippen molar-refractivity contribution < 1.29 is 14.3 Å². The van der Waals surface area contributed by atoms with E-state index in [0.717, 1.165) is 23.5 Å². The van der Waals surface area contributed by atoms with Gasteiger partial charge in [0.1, 0.15) is 24.7 Å². The number of nitrogens with one attached hydrogen (secondary N) is 1. The average Bonchev–Trinajstić information content (AvgIpc) is 3.09. The van der Waals surface area contributed by atoms with E-state index in [1.807, 2.05) is 26.2 Å². The normalized spacial score (nSPS) is 19.6. The predicted molar refractivity (Wildman–Crippen MR) is 98.3 cm³/mol. The van der Waals surface area contributed by atoms with E-state index in [9.17, 15) is 4.79 Å². The molecule has 1 fully saturated rings. The molecule has 0 radical (unpaired) electrons. The highest BCUT2D eigenvalue weighted by Crippen LogP contribution is 2.24. The Kier molecular flexibility index (Phi) is 5.36. The fourth-order valence-electron chi connectivity index (χ4n) is 2.74. The van der Waals surface area contributed by atoms with Crippen molar-refractivity contribution in [3.63, 3.8) is 0 Å². The summed E-state index contributed by atoms with van der Waals surface area (Å²) in [6.45, 7) is 2.77. The SMILES string of the molecule is CC(=O)c1ccc(OC[C@@H]2CN[C@@H](c3ccc(N(C)C)cc3)O2)cc1. The molecule has 1 saturated heterocycles. The number of nitrogens with zero attached hydrogens (tertiary/aromatic N) is 1. The molecule has 132 valence electrons. The van der Waals surface area contributed by atoms with Crippen molar-refractivity contribution in [2.75, 3.05) is 32.1 Å². The number of rotatable bonds is 6. The molecule has 25 heavy (non-hydrogen) atoms. The highest BCUT2D eigenvalue weighted by molar-refractivity contribution is 5.94. The highest BCUT2D eigenvalue weighted by Gasteiger charge is 2.26. The van der Waals surface area contributed by atoms with Gasteiger partial charge in [-0.3, -0.25) is 10.1 Å². The average molecular weight is 340 g/mol. The van der Waals surface area contributed by atoms with Crippen LogP contribution in [0.3, 0.4) is 0 Å². The van der Waals surface area contributed by atoms with Gasteiger partial charge in [0.25, 0.3) is 0 Å². The monoisotopic (exact) mass is 340 g/mol. The highest BCUT2D eigenvalue weighted by atomic mass is 16.6. The molecule has 1 N–H and O–H groups in total. The lowest BCUT2D eigenvalue weighted by molar-refractivity contribution is 0.0159. The maximum Gasteiger partial charge on any atom is 0.159 e. The van der Waals surface area contributed by atoms with Crippen LogP contribution >= 0.6 is 0 Å². The fourth-order valence-corrected chi connectivity index (χ4v) is 2.74. The number of ether oxygens (including phenoxy) is 2. The van der Waals surface area contributed by atoms with Crippen LogP contribution in [0.4, 0.5) is 5.69 Å². The van der Waals surface area contributed by atoms with Crippen LogP contribution in [0.25, 0.3) is 0 Å². The largest absolute Gasteiger partial charge is 0.491 e. The third kappa shape index (κ3) is 4.38. The molecular weight excluding hydrogens is 316 g/mol. The van der Waals surface area contributed by atoms with Gasteiger partial charge in [0, 0.05) is 31.9 Å². The number of benzene rings is 2. The lowest BCUT2D eigenvalue weighted by atomic mass is 10.1. The molecule has 0 bridgehead atoms. The van der Waals surface area contributed by atoms with Crippen LogP contribution in [0.1, 0.15) is 29.1 Å². The summed E-state index contributed by atoms with van der Waals surface area (Å²) >= 11 is 0. The number of Topliss-reactive ketones (excluding diaryl/α,β-unsaturated/α-hetero) is 1. The quantitative estimate of drug-likeness (QED) is 0.819. The smallest absolute Gasteiger partial charge is 0.159 e. The number of ketones is 1. The Bertz CT molecular complexity index is 711. The van der Waals surface area contributed by atoms with E-state index in [2.05, 4.69) is 34.5 Å². The summed E-state index contributed by atoms with van der Waals surface area (Å²) in [4.78, 5) is 13.4. The summed E-state index contributed by atoms with van der Waals surface area (Å²) in [5, 5.41) is 3.37. The van der Waals surface area contributed by atoms with Crippen LogP contribution in [-0.2, 0) is 4.74 Å². The first-order valence-corrected chi connectivity index (χ1v) is 8.43. The number of hydrogen-bond acceptors (Lipinski definition) is 5. The van der Waals surface area contributed by atoms with Crippen LogP contribution in [0, 0.1) is 0 Å². The lowest BCUT2D eigenvalue weighted by Gasteiger charge is -2.16. The Hall–Kier alpha value is -2.37. The van der Waals surface area contributed by atoms with Crippen molar-refractivity contribution in [1.29, 1.82) is 0 Å². The Balaban J connectivity index is 1.51. The fraction of sp³-hybridized carbons (Fsp3) is 0.350. The topological polar surface area (TPSA) is 50.8 Å². The van der Waals surface area contributed by atoms with E-state index in [-0.39, 0.29) is 18.1 Å². The van der Waals surface area contributed by atoms with Crippen molar-refractivity contribution in [3.05, 3.63) is 59.7 Å². The summed E-state index contributed by atoms with van der Waals surface area (Å²) in [6, 6.07) is 15.5. The zero-order chi connectivity index (χ0) is 17.8. The molecule has 2 atom stereocenters. The van der Waals surface area contributed by atoms with E-state index in [0.29, 0.717) is 12.2 Å². The van der Waals surface area contributed by atoms with E-state index in [4.69, 9.17) is 9.47 Å². The van der Waals surface area contributed by atoms with Gasteiger partial charge in [-0.2, -0.15) is 0 Å². The third-order valence-corrected chi connectivity index (χ3v) is 4.27. The first-order valence-electron chi connectivity index (χ1n) is 8.43. The van der Waals surface area contributed by atoms with E-state index in [1.165, 1.54) is 0 Å². The van der Waals surface area contributed by atoms with Crippen LogP contribution in [-0.4, -0.2) is 39.1 Å². The van der Waals surface area contributed by atoms with Crippen molar-refractivity contribution in [2.24, 2.45) is 0 Å². The molecule has 2 aromatic carbocycles. The first-order chi connectivity index (χ1) is 12.0. The summed E-state index contributed by atoms with van der Waals surface area (Å²) in [5.41, 5.74) is 2.96. The number of carbonyl (C=O) groups excluding carboxylic acids is 1. The minimum Gasteiger partial charge on any atom is -0.491 e. The lowest BCUT2D eigenvalue weighted by Crippen LogP contribution is -2.21. The maximum atomic E-state index is 11.3. The van der Waals surface area contributed by atoms with Gasteiger partial charge in [0.2, 0.25) is 0 Å². The van der Waals surface area contributed by atoms with Gasteiger partial charge in [-0.15, -0.1) is 0 Å². The minimum absolute atomic E-state index is 0.00833. The summed E-state index contributed by atoms with van der Waals surface area (Å²) in [7, 11) is 4.05. The first kappa shape index (κ1) is 17.5. The molecule has 1 heterocycles. The second kappa shape index (κ2) is 7.68. The molecule has 1 aliphatic heterocycles. The molecule has 5 nitrogen and oxygen atoms in total. The van der Waals surface area contributed by atoms with Crippen molar-refractivity contribution in [2.45, 2.75) is 19.3 Å². The molecule has 0 spiro atoms. The van der Waals surface area contributed by atoms with Crippen molar-refractivity contribution >= 4 is 11.5 Å². The van der Waals surface area contributed by atoms with Crippen LogP contribution in [0.15, 0.2) is 48.5 Å². The second-order valence-electron chi connectivity index (χ2n) is 6.42. The molecule has 0 amide bonds. The number of carbonyl (C=O) groups is 1. The van der Waals surface area contributed by atoms with Gasteiger partial charge < -0.3 is 14.4 Å². The van der Waals surface area contributed by atoms with Gasteiger partial charge in [0.05, 0.1) is 0 Å². The zero-order valence-corrected chi connectivity index (χ0v) is 14.9. The van der Waals surface area contributed by atoms with E-state index < -0.39 is 0 Å². The van der Waals surface area contributed by atoms with Crippen LogP contribution in [0.5, 0.6) is 5.75 Å². The third-order valence-electron chi connectivity index (χ3n) is 4.27. The number of hydrogen-bond donors (Lipinski definition) is 1. The molecule has 0 aliphatic carbocycles. The van der Waals surface area contributed by atoms with Crippen LogP contribution in [0.2, 0.25) is 0 Å². The van der Waals surface area contributed by atoms with Gasteiger partial charge in [-0.25, -0.2) is 0 Å². The molecule has 0 unspecified atom stereocenters. The van der Waals surface area contributed by atoms with Gasteiger partial charge in [0.15, 0.2) is 5.78 Å². The molecular formula is C20H24N2O3. The molecule has 0 saturated carbocycles. The zero-order valence-electron chi connectivity index (χ0n) is 14.9. The molecule has 1 aliphatic rings.